The van der Waals surface area contributed by atoms with Gasteiger partial charge in [-0.3, -0.25) is 0 Å². The normalized spacial score (nSPS) is 25.8. The molecule has 0 amide bonds. The molecule has 4 heteroatoms. The van der Waals surface area contributed by atoms with Gasteiger partial charge in [-0.05, 0) is 31.6 Å². The van der Waals surface area contributed by atoms with E-state index in [2.05, 4.69) is 24.5 Å². The zero-order valence-corrected chi connectivity index (χ0v) is 12.0. The Kier molecular flexibility index (Phi) is 3.68. The van der Waals surface area contributed by atoms with Crippen LogP contribution >= 0.6 is 11.3 Å². The SMILES string of the molecule is CC(C)c1csc(C(NC2CC2)C2CCCO2)n1. The molecule has 1 saturated carbocycles. The zero-order chi connectivity index (χ0) is 12.5. The average Bonchev–Trinajstić information content (AvgIpc) is 2.87. The summed E-state index contributed by atoms with van der Waals surface area (Å²) < 4.78 is 5.87. The summed E-state index contributed by atoms with van der Waals surface area (Å²) in [4.78, 5) is 4.81. The first-order valence-electron chi connectivity index (χ1n) is 7.07. The van der Waals surface area contributed by atoms with Crippen LogP contribution in [0.3, 0.4) is 0 Å². The molecular weight excluding hydrogens is 244 g/mol. The lowest BCUT2D eigenvalue weighted by Crippen LogP contribution is -2.33. The van der Waals surface area contributed by atoms with E-state index in [0.717, 1.165) is 6.61 Å². The van der Waals surface area contributed by atoms with Gasteiger partial charge in [0.1, 0.15) is 5.01 Å². The molecule has 3 nitrogen and oxygen atoms in total. The Hall–Kier alpha value is -0.450. The lowest BCUT2D eigenvalue weighted by molar-refractivity contribution is 0.0774. The first-order valence-corrected chi connectivity index (χ1v) is 7.95. The van der Waals surface area contributed by atoms with Gasteiger partial charge in [0.15, 0.2) is 0 Å². The van der Waals surface area contributed by atoms with E-state index < -0.39 is 0 Å². The Bertz CT molecular complexity index is 394. The minimum atomic E-state index is 0.317. The standard InChI is InChI=1S/C14H22N2OS/c1-9(2)11-8-18-14(16-11)13(15-10-5-6-10)12-4-3-7-17-12/h8-10,12-13,15H,3-7H2,1-2H3. The van der Waals surface area contributed by atoms with Gasteiger partial charge in [0.2, 0.25) is 0 Å². The molecule has 2 fully saturated rings. The van der Waals surface area contributed by atoms with E-state index in [4.69, 9.17) is 9.72 Å². The van der Waals surface area contributed by atoms with Crippen molar-refractivity contribution in [3.8, 4) is 0 Å². The third kappa shape index (κ3) is 2.76. The van der Waals surface area contributed by atoms with E-state index in [1.807, 2.05) is 0 Å². The number of rotatable bonds is 5. The van der Waals surface area contributed by atoms with E-state index in [1.165, 1.54) is 36.4 Å². The fraction of sp³-hybridized carbons (Fsp3) is 0.786. The second-order valence-electron chi connectivity index (χ2n) is 5.74. The second kappa shape index (κ2) is 5.27. The summed E-state index contributed by atoms with van der Waals surface area (Å²) >= 11 is 1.79. The molecule has 1 aromatic heterocycles. The monoisotopic (exact) mass is 266 g/mol. The fourth-order valence-corrected chi connectivity index (χ4v) is 3.51. The molecule has 0 aromatic carbocycles. The van der Waals surface area contributed by atoms with Gasteiger partial charge in [-0.15, -0.1) is 11.3 Å². The van der Waals surface area contributed by atoms with Gasteiger partial charge < -0.3 is 10.1 Å². The summed E-state index contributed by atoms with van der Waals surface area (Å²) in [6.07, 6.45) is 5.31. The van der Waals surface area contributed by atoms with Crippen LogP contribution in [0, 0.1) is 0 Å². The third-order valence-electron chi connectivity index (χ3n) is 3.73. The maximum atomic E-state index is 5.87. The molecule has 100 valence electrons. The molecular formula is C14H22N2OS. The van der Waals surface area contributed by atoms with Gasteiger partial charge in [-0.2, -0.15) is 0 Å². The zero-order valence-electron chi connectivity index (χ0n) is 11.2. The van der Waals surface area contributed by atoms with Crippen molar-refractivity contribution in [2.45, 2.75) is 63.6 Å². The highest BCUT2D eigenvalue weighted by Crippen LogP contribution is 2.33. The summed E-state index contributed by atoms with van der Waals surface area (Å²) in [5.41, 5.74) is 1.22. The summed E-state index contributed by atoms with van der Waals surface area (Å²) in [5, 5.41) is 7.15. The van der Waals surface area contributed by atoms with Crippen LogP contribution < -0.4 is 5.32 Å². The van der Waals surface area contributed by atoms with Crippen molar-refractivity contribution in [3.05, 3.63) is 16.1 Å². The Morgan fingerprint density at radius 3 is 2.78 bits per heavy atom. The lowest BCUT2D eigenvalue weighted by Gasteiger charge is -2.22. The second-order valence-corrected chi connectivity index (χ2v) is 6.63. The highest BCUT2D eigenvalue weighted by Gasteiger charge is 2.34. The summed E-state index contributed by atoms with van der Waals surface area (Å²) in [7, 11) is 0. The quantitative estimate of drug-likeness (QED) is 0.888. The van der Waals surface area contributed by atoms with E-state index in [1.54, 1.807) is 11.3 Å². The first-order chi connectivity index (χ1) is 8.74. The maximum absolute atomic E-state index is 5.87. The predicted molar refractivity (Wildman–Crippen MR) is 74.1 cm³/mol. The summed E-state index contributed by atoms with van der Waals surface area (Å²) in [6, 6.07) is 1.02. The van der Waals surface area contributed by atoms with Crippen molar-refractivity contribution in [2.24, 2.45) is 0 Å². The number of thiazole rings is 1. The van der Waals surface area contributed by atoms with Crippen molar-refractivity contribution in [1.29, 1.82) is 0 Å². The van der Waals surface area contributed by atoms with Crippen molar-refractivity contribution < 1.29 is 4.74 Å². The molecule has 0 radical (unpaired) electrons. The van der Waals surface area contributed by atoms with Crippen LogP contribution in [0.1, 0.15) is 62.2 Å². The first kappa shape index (κ1) is 12.6. The molecule has 18 heavy (non-hydrogen) atoms. The number of nitrogens with zero attached hydrogens (tertiary/aromatic N) is 1. The molecule has 2 aliphatic rings. The summed E-state index contributed by atoms with van der Waals surface area (Å²) in [5.74, 6) is 0.515. The van der Waals surface area contributed by atoms with Gasteiger partial charge in [-0.25, -0.2) is 4.98 Å². The number of ether oxygens (including phenoxy) is 1. The number of hydrogen-bond acceptors (Lipinski definition) is 4. The van der Waals surface area contributed by atoms with Crippen molar-refractivity contribution >= 4 is 11.3 Å². The van der Waals surface area contributed by atoms with E-state index in [0.29, 0.717) is 24.1 Å². The minimum Gasteiger partial charge on any atom is -0.376 e. The Labute approximate surface area is 113 Å². The van der Waals surface area contributed by atoms with Gasteiger partial charge in [0.05, 0.1) is 17.8 Å². The molecule has 1 aromatic rings. The molecule has 2 unspecified atom stereocenters. The molecule has 1 aliphatic carbocycles. The molecule has 1 N–H and O–H groups in total. The molecule has 0 spiro atoms. The molecule has 1 aliphatic heterocycles. The van der Waals surface area contributed by atoms with Gasteiger partial charge in [0, 0.05) is 18.0 Å². The highest BCUT2D eigenvalue weighted by atomic mass is 32.1. The largest absolute Gasteiger partial charge is 0.376 e. The molecule has 2 atom stereocenters. The lowest BCUT2D eigenvalue weighted by atomic mass is 10.1. The third-order valence-corrected chi connectivity index (χ3v) is 4.67. The van der Waals surface area contributed by atoms with E-state index >= 15 is 0 Å². The average molecular weight is 266 g/mol. The van der Waals surface area contributed by atoms with Crippen LogP contribution in [-0.2, 0) is 4.74 Å². The van der Waals surface area contributed by atoms with E-state index in [9.17, 15) is 0 Å². The molecule has 3 rings (SSSR count). The smallest absolute Gasteiger partial charge is 0.113 e. The molecule has 1 saturated heterocycles. The van der Waals surface area contributed by atoms with Crippen molar-refractivity contribution in [1.82, 2.24) is 10.3 Å². The Balaban J connectivity index is 1.76. The van der Waals surface area contributed by atoms with Crippen LogP contribution in [0.15, 0.2) is 5.38 Å². The predicted octanol–water partition coefficient (Wildman–Crippen LogP) is 3.24. The highest BCUT2D eigenvalue weighted by molar-refractivity contribution is 7.09. The van der Waals surface area contributed by atoms with E-state index in [-0.39, 0.29) is 0 Å². The Morgan fingerprint density at radius 1 is 1.39 bits per heavy atom. The maximum Gasteiger partial charge on any atom is 0.113 e. The summed E-state index contributed by atoms with van der Waals surface area (Å²) in [6.45, 7) is 5.32. The number of aromatic nitrogens is 1. The van der Waals surface area contributed by atoms with Crippen molar-refractivity contribution in [2.75, 3.05) is 6.61 Å². The van der Waals surface area contributed by atoms with Crippen molar-refractivity contribution in [3.63, 3.8) is 0 Å². The van der Waals surface area contributed by atoms with Crippen LogP contribution in [0.25, 0.3) is 0 Å². The van der Waals surface area contributed by atoms with Crippen LogP contribution in [0.5, 0.6) is 0 Å². The van der Waals surface area contributed by atoms with Crippen LogP contribution in [0.2, 0.25) is 0 Å². The topological polar surface area (TPSA) is 34.1 Å². The molecule has 2 heterocycles. The van der Waals surface area contributed by atoms with Gasteiger partial charge in [-0.1, -0.05) is 13.8 Å². The number of hydrogen-bond donors (Lipinski definition) is 1. The Morgan fingerprint density at radius 2 is 2.22 bits per heavy atom. The number of nitrogens with one attached hydrogen (secondary N) is 1. The van der Waals surface area contributed by atoms with Gasteiger partial charge >= 0.3 is 0 Å². The van der Waals surface area contributed by atoms with Crippen LogP contribution in [-0.4, -0.2) is 23.7 Å². The van der Waals surface area contributed by atoms with Crippen LogP contribution in [0.4, 0.5) is 0 Å². The minimum absolute atomic E-state index is 0.317. The van der Waals surface area contributed by atoms with Gasteiger partial charge in [0.25, 0.3) is 0 Å². The fourth-order valence-electron chi connectivity index (χ4n) is 2.42. The molecule has 0 bridgehead atoms.